The Bertz CT molecular complexity index is 774. The highest BCUT2D eigenvalue weighted by Crippen LogP contribution is 2.22. The third kappa shape index (κ3) is 9.01. The van der Waals surface area contributed by atoms with Gasteiger partial charge in [-0.2, -0.15) is 12.6 Å². The van der Waals surface area contributed by atoms with Crippen LogP contribution in [0, 0.1) is 0 Å². The fraction of sp³-hybridized carbons (Fsp3) is 0.444. The minimum atomic E-state index is -1.23. The van der Waals surface area contributed by atoms with E-state index in [2.05, 4.69) is 28.6 Å². The average molecular weight is 443 g/mol. The molecule has 30 heavy (non-hydrogen) atoms. The number of thiol groups is 1. The number of carboxylic acids is 2. The summed E-state index contributed by atoms with van der Waals surface area (Å²) in [6.07, 6.45) is 0.0528. The molecule has 0 heterocycles. The summed E-state index contributed by atoms with van der Waals surface area (Å²) in [5.41, 5.74) is 0.520. The molecule has 12 heteroatoms. The van der Waals surface area contributed by atoms with Crippen molar-refractivity contribution in [1.29, 1.82) is 0 Å². The molecule has 1 aromatic rings. The highest BCUT2D eigenvalue weighted by atomic mass is 32.1. The zero-order valence-corrected chi connectivity index (χ0v) is 16.9. The molecule has 0 bridgehead atoms. The molecule has 0 unspecified atom stereocenters. The first-order valence-corrected chi connectivity index (χ1v) is 9.64. The van der Waals surface area contributed by atoms with Gasteiger partial charge in [0.1, 0.15) is 30.1 Å². The Balaban J connectivity index is 2.48. The van der Waals surface area contributed by atoms with Crippen LogP contribution in [0.2, 0.25) is 0 Å². The van der Waals surface area contributed by atoms with Crippen molar-refractivity contribution < 1.29 is 39.6 Å². The molecule has 0 radical (unpaired) electrons. The monoisotopic (exact) mass is 443 g/mol. The third-order valence-electron chi connectivity index (χ3n) is 4.06. The number of rotatable bonds is 13. The molecule has 0 saturated heterocycles. The van der Waals surface area contributed by atoms with Crippen LogP contribution in [0.3, 0.4) is 0 Å². The molecule has 1 rings (SSSR count). The Morgan fingerprint density at radius 1 is 1.07 bits per heavy atom. The molecule has 0 aliphatic rings. The smallest absolute Gasteiger partial charge is 0.322 e. The zero-order chi connectivity index (χ0) is 22.7. The van der Waals surface area contributed by atoms with Crippen molar-refractivity contribution in [3.63, 3.8) is 0 Å². The van der Waals surface area contributed by atoms with Crippen molar-refractivity contribution in [1.82, 2.24) is 16.0 Å². The molecule has 2 amide bonds. The minimum Gasteiger partial charge on any atom is -0.508 e. The topological polar surface area (TPSA) is 185 Å². The number of amides is 2. The predicted octanol–water partition coefficient (Wildman–Crippen LogP) is -0.921. The maximum Gasteiger partial charge on any atom is 0.322 e. The number of aliphatic carboxylic acids is 2. The lowest BCUT2D eigenvalue weighted by Crippen LogP contribution is -2.49. The number of aromatic hydroxyl groups is 2. The SMILES string of the molecule is O=C(O)CNC(=O)[C@H](CS)NC(=O)CC[C@@H](NCCc1ccc(O)cc1O)C(=O)O. The molecule has 166 valence electrons. The second-order valence-electron chi connectivity index (χ2n) is 6.36. The Morgan fingerprint density at radius 2 is 1.77 bits per heavy atom. The number of nitrogens with one attached hydrogen (secondary N) is 3. The van der Waals surface area contributed by atoms with Gasteiger partial charge < -0.3 is 36.4 Å². The van der Waals surface area contributed by atoms with Gasteiger partial charge in [0.2, 0.25) is 11.8 Å². The molecule has 2 atom stereocenters. The summed E-state index contributed by atoms with van der Waals surface area (Å²) in [4.78, 5) is 45.7. The second-order valence-corrected chi connectivity index (χ2v) is 6.73. The fourth-order valence-electron chi connectivity index (χ4n) is 2.48. The van der Waals surface area contributed by atoms with E-state index in [1.807, 2.05) is 0 Å². The first-order chi connectivity index (χ1) is 14.1. The number of carbonyl (C=O) groups is 4. The van der Waals surface area contributed by atoms with Crippen molar-refractivity contribution in [3.8, 4) is 11.5 Å². The fourth-order valence-corrected chi connectivity index (χ4v) is 2.74. The van der Waals surface area contributed by atoms with Crippen molar-refractivity contribution in [2.24, 2.45) is 0 Å². The van der Waals surface area contributed by atoms with Crippen LogP contribution in [0.15, 0.2) is 18.2 Å². The lowest BCUT2D eigenvalue weighted by atomic mass is 10.1. The number of phenols is 2. The normalized spacial score (nSPS) is 12.6. The van der Waals surface area contributed by atoms with Gasteiger partial charge in [0.15, 0.2) is 0 Å². The van der Waals surface area contributed by atoms with Crippen molar-refractivity contribution in [3.05, 3.63) is 23.8 Å². The van der Waals surface area contributed by atoms with Gasteiger partial charge in [-0.05, 0) is 24.5 Å². The Morgan fingerprint density at radius 3 is 2.33 bits per heavy atom. The molecule has 11 nitrogen and oxygen atoms in total. The lowest BCUT2D eigenvalue weighted by molar-refractivity contribution is -0.140. The van der Waals surface area contributed by atoms with E-state index in [-0.39, 0.29) is 36.6 Å². The molecule has 0 spiro atoms. The van der Waals surface area contributed by atoms with E-state index < -0.39 is 42.4 Å². The van der Waals surface area contributed by atoms with E-state index in [9.17, 15) is 34.5 Å². The van der Waals surface area contributed by atoms with Gasteiger partial charge in [0.25, 0.3) is 0 Å². The van der Waals surface area contributed by atoms with Crippen LogP contribution >= 0.6 is 12.6 Å². The van der Waals surface area contributed by atoms with Crippen LogP contribution in [0.4, 0.5) is 0 Å². The molecule has 0 saturated carbocycles. The van der Waals surface area contributed by atoms with Gasteiger partial charge in [0.05, 0.1) is 0 Å². The molecular formula is C18H25N3O8S. The Labute approximate surface area is 177 Å². The summed E-state index contributed by atoms with van der Waals surface area (Å²) in [6, 6.07) is 2.01. The van der Waals surface area contributed by atoms with E-state index in [4.69, 9.17) is 5.11 Å². The molecule has 0 aliphatic heterocycles. The van der Waals surface area contributed by atoms with Gasteiger partial charge in [-0.3, -0.25) is 19.2 Å². The number of carbonyl (C=O) groups excluding carboxylic acids is 2. The summed E-state index contributed by atoms with van der Waals surface area (Å²) < 4.78 is 0. The molecule has 7 N–H and O–H groups in total. The number of benzene rings is 1. The summed E-state index contributed by atoms with van der Waals surface area (Å²) in [5, 5.41) is 44.1. The quantitative estimate of drug-likeness (QED) is 0.178. The second kappa shape index (κ2) is 12.5. The van der Waals surface area contributed by atoms with Crippen LogP contribution in [0.25, 0.3) is 0 Å². The highest BCUT2D eigenvalue weighted by molar-refractivity contribution is 7.80. The third-order valence-corrected chi connectivity index (χ3v) is 4.43. The van der Waals surface area contributed by atoms with Gasteiger partial charge in [0, 0.05) is 24.8 Å². The number of carboxylic acid groups (broad SMARTS) is 2. The van der Waals surface area contributed by atoms with E-state index >= 15 is 0 Å². The standard InChI is InChI=1S/C18H25N3O8S/c22-11-2-1-10(14(23)7-11)5-6-19-12(18(28)29)3-4-15(24)21-13(9-30)17(27)20-8-16(25)26/h1-2,7,12-13,19,22-23,30H,3-6,8-9H2,(H,20,27)(H,21,24)(H,25,26)(H,28,29)/t12-,13+/m1/s1. The molecule has 0 aromatic heterocycles. The van der Waals surface area contributed by atoms with Crippen LogP contribution in [-0.4, -0.2) is 75.1 Å². The zero-order valence-electron chi connectivity index (χ0n) is 16.0. The Kier molecular flexibility index (Phi) is 10.5. The summed E-state index contributed by atoms with van der Waals surface area (Å²) >= 11 is 3.95. The van der Waals surface area contributed by atoms with E-state index in [0.29, 0.717) is 12.0 Å². The summed E-state index contributed by atoms with van der Waals surface area (Å²) in [7, 11) is 0. The van der Waals surface area contributed by atoms with Crippen LogP contribution in [0.1, 0.15) is 18.4 Å². The van der Waals surface area contributed by atoms with E-state index in [1.165, 1.54) is 18.2 Å². The number of hydrogen-bond acceptors (Lipinski definition) is 8. The number of phenolic OH excluding ortho intramolecular Hbond substituents is 2. The minimum absolute atomic E-state index is 0.0568. The maximum atomic E-state index is 12.0. The summed E-state index contributed by atoms with van der Waals surface area (Å²) in [6.45, 7) is -0.394. The first kappa shape index (κ1) is 25.0. The number of hydrogen-bond donors (Lipinski definition) is 8. The largest absolute Gasteiger partial charge is 0.508 e. The maximum absolute atomic E-state index is 12.0. The lowest BCUT2D eigenvalue weighted by Gasteiger charge is -2.17. The van der Waals surface area contributed by atoms with Gasteiger partial charge in [-0.15, -0.1) is 0 Å². The molecular weight excluding hydrogens is 418 g/mol. The first-order valence-electron chi connectivity index (χ1n) is 9.00. The molecule has 0 aliphatic carbocycles. The van der Waals surface area contributed by atoms with Crippen molar-refractivity contribution >= 4 is 36.4 Å². The molecule has 0 fully saturated rings. The Hall–Kier alpha value is -2.99. The van der Waals surface area contributed by atoms with Gasteiger partial charge >= 0.3 is 11.9 Å². The van der Waals surface area contributed by atoms with Gasteiger partial charge in [-0.1, -0.05) is 6.07 Å². The molecule has 1 aromatic carbocycles. The van der Waals surface area contributed by atoms with Crippen LogP contribution < -0.4 is 16.0 Å². The van der Waals surface area contributed by atoms with E-state index in [0.717, 1.165) is 0 Å². The van der Waals surface area contributed by atoms with Crippen molar-refractivity contribution in [2.45, 2.75) is 31.3 Å². The van der Waals surface area contributed by atoms with Crippen LogP contribution in [-0.2, 0) is 25.6 Å². The average Bonchev–Trinajstić information content (AvgIpc) is 2.67. The van der Waals surface area contributed by atoms with Crippen molar-refractivity contribution in [2.75, 3.05) is 18.8 Å². The van der Waals surface area contributed by atoms with E-state index in [1.54, 1.807) is 0 Å². The summed E-state index contributed by atoms with van der Waals surface area (Å²) in [5.74, 6) is -3.94. The highest BCUT2D eigenvalue weighted by Gasteiger charge is 2.22. The van der Waals surface area contributed by atoms with Crippen LogP contribution in [0.5, 0.6) is 11.5 Å². The predicted molar refractivity (Wildman–Crippen MR) is 109 cm³/mol. The van der Waals surface area contributed by atoms with Gasteiger partial charge in [-0.25, -0.2) is 0 Å².